The van der Waals surface area contributed by atoms with Crippen molar-refractivity contribution in [3.8, 4) is 0 Å². The largest absolute Gasteiger partial charge is 0.465 e. The highest BCUT2D eigenvalue weighted by atomic mass is 35.5. The summed E-state index contributed by atoms with van der Waals surface area (Å²) in [5, 5.41) is 12.7. The number of hydrogen-bond donors (Lipinski definition) is 2. The van der Waals surface area contributed by atoms with Crippen LogP contribution in [-0.2, 0) is 0 Å². The predicted octanol–water partition coefficient (Wildman–Crippen LogP) is 2.33. The van der Waals surface area contributed by atoms with Crippen LogP contribution in [0.25, 0.3) is 0 Å². The molecule has 0 bridgehead atoms. The third-order valence-electron chi connectivity index (χ3n) is 3.96. The highest BCUT2D eigenvalue weighted by Gasteiger charge is 2.51. The van der Waals surface area contributed by atoms with Gasteiger partial charge in [-0.3, -0.25) is 0 Å². The van der Waals surface area contributed by atoms with Crippen molar-refractivity contribution in [3.05, 3.63) is 0 Å². The van der Waals surface area contributed by atoms with Crippen molar-refractivity contribution in [2.45, 2.75) is 51.6 Å². The fraction of sp³-hybridized carbons (Fsp3) is 0.917. The van der Waals surface area contributed by atoms with Crippen LogP contribution in [0, 0.1) is 5.41 Å². The summed E-state index contributed by atoms with van der Waals surface area (Å²) in [6.07, 6.45) is 2.49. The van der Waals surface area contributed by atoms with Gasteiger partial charge < -0.3 is 15.3 Å². The Kier molecular flexibility index (Phi) is 3.99. The molecule has 0 aromatic carbocycles. The Hall–Kier alpha value is -0.480. The average molecular weight is 263 g/mol. The zero-order chi connectivity index (χ0) is 12.0. The number of nitrogens with zero attached hydrogens (tertiary/aromatic N) is 1. The lowest BCUT2D eigenvalue weighted by molar-refractivity contribution is -0.0196. The van der Waals surface area contributed by atoms with Crippen LogP contribution in [0.3, 0.4) is 0 Å². The number of carbonyl (C=O) groups is 1. The number of nitrogens with one attached hydrogen (secondary N) is 1. The fourth-order valence-corrected chi connectivity index (χ4v) is 3.26. The second-order valence-electron chi connectivity index (χ2n) is 6.31. The van der Waals surface area contributed by atoms with Gasteiger partial charge >= 0.3 is 6.09 Å². The molecule has 1 amide bonds. The lowest BCUT2D eigenvalue weighted by Crippen LogP contribution is -2.59. The van der Waals surface area contributed by atoms with E-state index in [0.29, 0.717) is 5.41 Å². The van der Waals surface area contributed by atoms with E-state index in [4.69, 9.17) is 0 Å². The van der Waals surface area contributed by atoms with Gasteiger partial charge in [0.25, 0.3) is 0 Å². The van der Waals surface area contributed by atoms with Crippen LogP contribution in [-0.4, -0.2) is 40.8 Å². The maximum absolute atomic E-state index is 11.3. The predicted molar refractivity (Wildman–Crippen MR) is 69.8 cm³/mol. The highest BCUT2D eigenvalue weighted by molar-refractivity contribution is 5.85. The van der Waals surface area contributed by atoms with Crippen molar-refractivity contribution in [3.63, 3.8) is 0 Å². The molecule has 0 aromatic rings. The first-order chi connectivity index (χ1) is 7.34. The van der Waals surface area contributed by atoms with Crippen LogP contribution in [0.1, 0.15) is 40.0 Å². The molecule has 2 rings (SSSR count). The molecule has 0 radical (unpaired) electrons. The lowest BCUT2D eigenvalue weighted by atomic mass is 9.64. The van der Waals surface area contributed by atoms with Crippen molar-refractivity contribution < 1.29 is 9.90 Å². The summed E-state index contributed by atoms with van der Waals surface area (Å²) >= 11 is 0. The van der Waals surface area contributed by atoms with Crippen LogP contribution in [0.5, 0.6) is 0 Å². The molecule has 0 unspecified atom stereocenters. The summed E-state index contributed by atoms with van der Waals surface area (Å²) < 4.78 is 0. The zero-order valence-corrected chi connectivity index (χ0v) is 11.6. The Balaban J connectivity index is 0.00000144. The van der Waals surface area contributed by atoms with Crippen LogP contribution in [0.4, 0.5) is 4.79 Å². The Morgan fingerprint density at radius 2 is 2.00 bits per heavy atom. The minimum Gasteiger partial charge on any atom is -0.465 e. The van der Waals surface area contributed by atoms with Gasteiger partial charge in [0.1, 0.15) is 0 Å². The molecule has 2 aliphatic rings. The molecule has 0 aromatic heterocycles. The van der Waals surface area contributed by atoms with Crippen LogP contribution >= 0.6 is 12.4 Å². The van der Waals surface area contributed by atoms with Gasteiger partial charge in [-0.25, -0.2) is 4.79 Å². The first kappa shape index (κ1) is 14.6. The summed E-state index contributed by atoms with van der Waals surface area (Å²) in [4.78, 5) is 12.9. The van der Waals surface area contributed by atoms with E-state index >= 15 is 0 Å². The quantitative estimate of drug-likeness (QED) is 0.763. The molecule has 5 heteroatoms. The van der Waals surface area contributed by atoms with Crippen molar-refractivity contribution in [2.75, 3.05) is 13.1 Å². The van der Waals surface area contributed by atoms with Crippen LogP contribution in [0.2, 0.25) is 0 Å². The maximum atomic E-state index is 11.3. The van der Waals surface area contributed by atoms with Crippen molar-refractivity contribution in [1.82, 2.24) is 10.2 Å². The molecule has 4 nitrogen and oxygen atoms in total. The minimum atomic E-state index is -0.779. The van der Waals surface area contributed by atoms with Gasteiger partial charge in [0.2, 0.25) is 0 Å². The number of hydrogen-bond acceptors (Lipinski definition) is 2. The summed E-state index contributed by atoms with van der Waals surface area (Å²) in [6.45, 7) is 8.08. The third kappa shape index (κ3) is 2.68. The zero-order valence-electron chi connectivity index (χ0n) is 10.8. The van der Waals surface area contributed by atoms with E-state index in [-0.39, 0.29) is 24.0 Å². The van der Waals surface area contributed by atoms with Gasteiger partial charge in [0.05, 0.1) is 0 Å². The van der Waals surface area contributed by atoms with Gasteiger partial charge in [0.15, 0.2) is 0 Å². The lowest BCUT2D eigenvalue weighted by Gasteiger charge is -2.52. The molecular formula is C12H23ClN2O2. The van der Waals surface area contributed by atoms with Gasteiger partial charge in [0, 0.05) is 18.1 Å². The molecule has 1 aliphatic carbocycles. The van der Waals surface area contributed by atoms with Gasteiger partial charge in [-0.05, 0) is 52.0 Å². The number of carboxylic acid groups (broad SMARTS) is 1. The SMILES string of the molecule is CC(C)(C)N(C(=O)O)C1CC2(CCNC2)C1.Cl. The molecule has 2 fully saturated rings. The normalized spacial score (nSPS) is 31.8. The number of rotatable bonds is 1. The Morgan fingerprint density at radius 3 is 2.35 bits per heavy atom. The summed E-state index contributed by atoms with van der Waals surface area (Å²) in [5.41, 5.74) is 0.119. The molecule has 2 N–H and O–H groups in total. The second kappa shape index (κ2) is 4.65. The summed E-state index contributed by atoms with van der Waals surface area (Å²) in [5.74, 6) is 0. The molecule has 0 atom stereocenters. The smallest absolute Gasteiger partial charge is 0.407 e. The van der Waals surface area contributed by atoms with Gasteiger partial charge in [-0.15, -0.1) is 12.4 Å². The van der Waals surface area contributed by atoms with Crippen LogP contribution < -0.4 is 5.32 Å². The Morgan fingerprint density at radius 1 is 1.41 bits per heavy atom. The number of amides is 1. The molecule has 1 heterocycles. The number of halogens is 1. The van der Waals surface area contributed by atoms with Gasteiger partial charge in [-0.2, -0.15) is 0 Å². The Bertz CT molecular complexity index is 287. The van der Waals surface area contributed by atoms with E-state index in [1.807, 2.05) is 20.8 Å². The Labute approximate surface area is 109 Å². The molecule has 17 heavy (non-hydrogen) atoms. The molecule has 1 aliphatic heterocycles. The molecular weight excluding hydrogens is 240 g/mol. The van der Waals surface area contributed by atoms with Crippen molar-refractivity contribution >= 4 is 18.5 Å². The molecule has 100 valence electrons. The monoisotopic (exact) mass is 262 g/mol. The molecule has 1 spiro atoms. The molecule has 1 saturated heterocycles. The van der Waals surface area contributed by atoms with E-state index in [2.05, 4.69) is 5.32 Å². The third-order valence-corrected chi connectivity index (χ3v) is 3.96. The second-order valence-corrected chi connectivity index (χ2v) is 6.31. The maximum Gasteiger partial charge on any atom is 0.407 e. The standard InChI is InChI=1S/C12H22N2O2.ClH/c1-11(2,3)14(10(15)16)9-6-12(7-9)4-5-13-8-12;/h9,13H,4-8H2,1-3H3,(H,15,16);1H. The summed E-state index contributed by atoms with van der Waals surface area (Å²) in [6, 6.07) is 0.220. The van der Waals surface area contributed by atoms with E-state index < -0.39 is 6.09 Å². The fourth-order valence-electron chi connectivity index (χ4n) is 3.26. The van der Waals surface area contributed by atoms with E-state index in [0.717, 1.165) is 25.9 Å². The van der Waals surface area contributed by atoms with Crippen LogP contribution in [0.15, 0.2) is 0 Å². The van der Waals surface area contributed by atoms with Crippen molar-refractivity contribution in [1.29, 1.82) is 0 Å². The van der Waals surface area contributed by atoms with E-state index in [1.54, 1.807) is 4.90 Å². The minimum absolute atomic E-state index is 0. The first-order valence-corrected chi connectivity index (χ1v) is 6.07. The van der Waals surface area contributed by atoms with E-state index in [1.165, 1.54) is 6.42 Å². The highest BCUT2D eigenvalue weighted by Crippen LogP contribution is 2.49. The molecule has 1 saturated carbocycles. The average Bonchev–Trinajstić information content (AvgIpc) is 2.48. The van der Waals surface area contributed by atoms with Crippen molar-refractivity contribution in [2.24, 2.45) is 5.41 Å². The van der Waals surface area contributed by atoms with E-state index in [9.17, 15) is 9.90 Å². The topological polar surface area (TPSA) is 52.6 Å². The summed E-state index contributed by atoms with van der Waals surface area (Å²) in [7, 11) is 0. The van der Waals surface area contributed by atoms with Gasteiger partial charge in [-0.1, -0.05) is 0 Å². The first-order valence-electron chi connectivity index (χ1n) is 6.07.